The highest BCUT2D eigenvalue weighted by atomic mass is 16.4. The molecule has 4 N–H and O–H groups in total. The summed E-state index contributed by atoms with van der Waals surface area (Å²) in [5, 5.41) is 8.72. The largest absolute Gasteiger partial charge is 0.480 e. The number of rotatable bonds is 6. The molecule has 0 rings (SSSR count). The van der Waals surface area contributed by atoms with Gasteiger partial charge in [0.05, 0.1) is 0 Å². The molecule has 0 aliphatic rings. The van der Waals surface area contributed by atoms with E-state index in [1.165, 1.54) is 0 Å². The molecule has 0 aliphatic carbocycles. The number of hydrogen-bond donors (Lipinski definition) is 3. The second-order valence-corrected chi connectivity index (χ2v) is 2.73. The van der Waals surface area contributed by atoms with Gasteiger partial charge in [-0.1, -0.05) is 44.7 Å². The molecular formula is C12H22N2O2. The van der Waals surface area contributed by atoms with E-state index in [9.17, 15) is 4.79 Å². The van der Waals surface area contributed by atoms with Crippen molar-refractivity contribution in [1.82, 2.24) is 5.43 Å². The third kappa shape index (κ3) is 7.96. The van der Waals surface area contributed by atoms with Crippen LogP contribution in [0.1, 0.15) is 27.2 Å². The molecule has 92 valence electrons. The Balaban J connectivity index is 0. The number of hydrogen-bond acceptors (Lipinski definition) is 3. The molecule has 0 heterocycles. The van der Waals surface area contributed by atoms with Crippen LogP contribution >= 0.6 is 0 Å². The molecule has 0 bridgehead atoms. The summed E-state index contributed by atoms with van der Waals surface area (Å²) in [6, 6.07) is -0.774. The Morgan fingerprint density at radius 1 is 1.56 bits per heavy atom. The fourth-order valence-electron chi connectivity index (χ4n) is 0.892. The lowest BCUT2D eigenvalue weighted by Gasteiger charge is -2.10. The van der Waals surface area contributed by atoms with Gasteiger partial charge in [-0.3, -0.25) is 10.6 Å². The molecule has 1 unspecified atom stereocenters. The molecule has 0 amide bonds. The predicted octanol–water partition coefficient (Wildman–Crippen LogP) is 2.01. The molecule has 4 nitrogen and oxygen atoms in total. The van der Waals surface area contributed by atoms with Crippen molar-refractivity contribution < 1.29 is 9.90 Å². The van der Waals surface area contributed by atoms with Gasteiger partial charge >= 0.3 is 5.97 Å². The molecule has 0 spiro atoms. The maximum atomic E-state index is 10.6. The van der Waals surface area contributed by atoms with Crippen LogP contribution in [0, 0.1) is 0 Å². The van der Waals surface area contributed by atoms with E-state index in [0.29, 0.717) is 6.42 Å². The number of allylic oxidation sites excluding steroid dienone is 4. The number of carboxylic acid groups (broad SMARTS) is 1. The van der Waals surface area contributed by atoms with Crippen molar-refractivity contribution in [2.75, 3.05) is 0 Å². The summed E-state index contributed by atoms with van der Waals surface area (Å²) in [5.41, 5.74) is 3.06. The van der Waals surface area contributed by atoms with Gasteiger partial charge in [0.25, 0.3) is 0 Å². The predicted molar refractivity (Wildman–Crippen MR) is 67.8 cm³/mol. The third-order valence-corrected chi connectivity index (χ3v) is 1.70. The Bertz CT molecular complexity index is 258. The van der Waals surface area contributed by atoms with Crippen LogP contribution < -0.4 is 11.3 Å². The van der Waals surface area contributed by atoms with Crippen molar-refractivity contribution in [2.24, 2.45) is 5.84 Å². The molecule has 0 aromatic rings. The molecule has 0 aliphatic heterocycles. The minimum absolute atomic E-state index is 0.319. The van der Waals surface area contributed by atoms with E-state index in [4.69, 9.17) is 10.9 Å². The van der Waals surface area contributed by atoms with E-state index in [1.807, 2.05) is 32.9 Å². The normalized spacial score (nSPS) is 12.9. The highest BCUT2D eigenvalue weighted by molar-refractivity contribution is 5.73. The Morgan fingerprint density at radius 2 is 2.12 bits per heavy atom. The SMILES string of the molecule is C=C/C(=C\C=C/C)CC(NN)C(=O)O.CC. The van der Waals surface area contributed by atoms with E-state index < -0.39 is 12.0 Å². The van der Waals surface area contributed by atoms with Crippen LogP contribution in [-0.4, -0.2) is 17.1 Å². The average molecular weight is 226 g/mol. The van der Waals surface area contributed by atoms with Crippen molar-refractivity contribution in [3.8, 4) is 0 Å². The summed E-state index contributed by atoms with van der Waals surface area (Å²) in [4.78, 5) is 10.6. The Kier molecular flexibility index (Phi) is 12.4. The molecule has 0 saturated carbocycles. The van der Waals surface area contributed by atoms with Crippen molar-refractivity contribution in [2.45, 2.75) is 33.2 Å². The monoisotopic (exact) mass is 226 g/mol. The minimum Gasteiger partial charge on any atom is -0.480 e. The standard InChI is InChI=1S/C10H16N2O2.C2H6/c1-3-5-6-8(4-2)7-9(12-11)10(13)14;1-2/h3-6,9,12H,2,7,11H2,1H3,(H,13,14);1-2H3/b5-3-,8-6+;. The lowest BCUT2D eigenvalue weighted by Crippen LogP contribution is -2.41. The summed E-state index contributed by atoms with van der Waals surface area (Å²) in [6.07, 6.45) is 7.43. The number of carboxylic acids is 1. The number of nitrogens with two attached hydrogens (primary N) is 1. The van der Waals surface area contributed by atoms with Gasteiger partial charge in [-0.2, -0.15) is 0 Å². The van der Waals surface area contributed by atoms with Gasteiger partial charge < -0.3 is 5.11 Å². The lowest BCUT2D eigenvalue weighted by atomic mass is 10.1. The van der Waals surface area contributed by atoms with Crippen molar-refractivity contribution >= 4 is 5.97 Å². The topological polar surface area (TPSA) is 75.3 Å². The van der Waals surface area contributed by atoms with Gasteiger partial charge in [0, 0.05) is 0 Å². The highest BCUT2D eigenvalue weighted by Crippen LogP contribution is 2.06. The lowest BCUT2D eigenvalue weighted by molar-refractivity contribution is -0.139. The van der Waals surface area contributed by atoms with E-state index >= 15 is 0 Å². The quantitative estimate of drug-likeness (QED) is 0.368. The van der Waals surface area contributed by atoms with Gasteiger partial charge in [-0.15, -0.1) is 0 Å². The van der Waals surface area contributed by atoms with Crippen molar-refractivity contribution in [3.05, 3.63) is 36.5 Å². The van der Waals surface area contributed by atoms with Gasteiger partial charge in [0.1, 0.15) is 6.04 Å². The second kappa shape index (κ2) is 11.7. The molecule has 0 aromatic heterocycles. The van der Waals surface area contributed by atoms with Gasteiger partial charge in [0.15, 0.2) is 0 Å². The van der Waals surface area contributed by atoms with Crippen LogP contribution in [0.2, 0.25) is 0 Å². The van der Waals surface area contributed by atoms with Crippen LogP contribution in [-0.2, 0) is 4.79 Å². The first-order valence-electron chi connectivity index (χ1n) is 5.29. The summed E-state index contributed by atoms with van der Waals surface area (Å²) >= 11 is 0. The first kappa shape index (κ1) is 17.0. The number of aliphatic carboxylic acids is 1. The van der Waals surface area contributed by atoms with Crippen molar-refractivity contribution in [3.63, 3.8) is 0 Å². The second-order valence-electron chi connectivity index (χ2n) is 2.73. The summed E-state index contributed by atoms with van der Waals surface area (Å²) < 4.78 is 0. The highest BCUT2D eigenvalue weighted by Gasteiger charge is 2.15. The minimum atomic E-state index is -0.972. The Labute approximate surface area is 97.5 Å². The molecule has 16 heavy (non-hydrogen) atoms. The van der Waals surface area contributed by atoms with E-state index in [2.05, 4.69) is 12.0 Å². The zero-order valence-electron chi connectivity index (χ0n) is 10.2. The van der Waals surface area contributed by atoms with E-state index in [-0.39, 0.29) is 0 Å². The van der Waals surface area contributed by atoms with E-state index in [0.717, 1.165) is 5.57 Å². The fraction of sp³-hybridized carbons (Fsp3) is 0.417. The van der Waals surface area contributed by atoms with Crippen LogP contribution in [0.4, 0.5) is 0 Å². The smallest absolute Gasteiger partial charge is 0.322 e. The molecular weight excluding hydrogens is 204 g/mol. The molecule has 0 aromatic carbocycles. The average Bonchev–Trinajstić information content (AvgIpc) is 2.31. The molecule has 0 radical (unpaired) electrons. The van der Waals surface area contributed by atoms with Crippen LogP contribution in [0.3, 0.4) is 0 Å². The summed E-state index contributed by atoms with van der Waals surface area (Å²) in [6.45, 7) is 9.48. The van der Waals surface area contributed by atoms with Crippen LogP contribution in [0.15, 0.2) is 36.5 Å². The Morgan fingerprint density at radius 3 is 2.44 bits per heavy atom. The number of hydrazine groups is 1. The number of carbonyl (C=O) groups is 1. The van der Waals surface area contributed by atoms with Gasteiger partial charge in [0.2, 0.25) is 0 Å². The van der Waals surface area contributed by atoms with Gasteiger partial charge in [-0.25, -0.2) is 5.43 Å². The maximum absolute atomic E-state index is 10.6. The maximum Gasteiger partial charge on any atom is 0.322 e. The van der Waals surface area contributed by atoms with Gasteiger partial charge in [-0.05, 0) is 18.9 Å². The zero-order chi connectivity index (χ0) is 13.0. The summed E-state index contributed by atoms with van der Waals surface area (Å²) in [7, 11) is 0. The first-order chi connectivity index (χ1) is 7.65. The molecule has 1 atom stereocenters. The molecule has 0 fully saturated rings. The van der Waals surface area contributed by atoms with Crippen LogP contribution in [0.5, 0.6) is 0 Å². The number of nitrogens with one attached hydrogen (secondary N) is 1. The van der Waals surface area contributed by atoms with E-state index in [1.54, 1.807) is 12.2 Å². The fourth-order valence-corrected chi connectivity index (χ4v) is 0.892. The molecule has 4 heteroatoms. The first-order valence-corrected chi connectivity index (χ1v) is 5.29. The third-order valence-electron chi connectivity index (χ3n) is 1.70. The summed E-state index contributed by atoms with van der Waals surface area (Å²) in [5.74, 6) is 4.12. The zero-order valence-corrected chi connectivity index (χ0v) is 10.2. The molecule has 0 saturated heterocycles. The van der Waals surface area contributed by atoms with Crippen molar-refractivity contribution in [1.29, 1.82) is 0 Å². The van der Waals surface area contributed by atoms with Crippen LogP contribution in [0.25, 0.3) is 0 Å². The Hall–Kier alpha value is -1.39.